The summed E-state index contributed by atoms with van der Waals surface area (Å²) in [4.78, 5) is 27.5. The van der Waals surface area contributed by atoms with Crippen LogP contribution in [0.15, 0.2) is 109 Å². The first-order valence-corrected chi connectivity index (χ1v) is 23.9. The van der Waals surface area contributed by atoms with E-state index in [4.69, 9.17) is 31.0 Å². The fraction of sp³-hybridized carbons (Fsp3) is 0.481. The van der Waals surface area contributed by atoms with Gasteiger partial charge in [0.15, 0.2) is 0 Å². The summed E-state index contributed by atoms with van der Waals surface area (Å²) in [5, 5.41) is -0.148. The van der Waals surface area contributed by atoms with E-state index in [0.717, 1.165) is 45.6 Å². The van der Waals surface area contributed by atoms with Crippen LogP contribution in [0.4, 0.5) is 0 Å². The lowest BCUT2D eigenvalue weighted by molar-refractivity contribution is -0.157. The lowest BCUT2D eigenvalue weighted by atomic mass is 9.68. The van der Waals surface area contributed by atoms with E-state index in [2.05, 4.69) is 71.0 Å². The number of carbonyl (C=O) groups excluding carboxylic acids is 2. The summed E-state index contributed by atoms with van der Waals surface area (Å²) in [5.74, 6) is -0.557. The van der Waals surface area contributed by atoms with Crippen LogP contribution >= 0.6 is 24.0 Å². The van der Waals surface area contributed by atoms with E-state index in [0.29, 0.717) is 31.6 Å². The highest BCUT2D eigenvalue weighted by molar-refractivity contribution is 8.23. The zero-order valence-electron chi connectivity index (χ0n) is 37.2. The van der Waals surface area contributed by atoms with Crippen LogP contribution in [0.1, 0.15) is 156 Å². The average Bonchev–Trinajstić information content (AvgIpc) is 3.77. The van der Waals surface area contributed by atoms with Crippen molar-refractivity contribution in [3.63, 3.8) is 0 Å². The van der Waals surface area contributed by atoms with E-state index in [1.54, 1.807) is 23.9 Å². The topological polar surface area (TPSA) is 71.1 Å². The van der Waals surface area contributed by atoms with Crippen molar-refractivity contribution in [2.24, 2.45) is 5.41 Å². The van der Waals surface area contributed by atoms with Crippen molar-refractivity contribution in [2.45, 2.75) is 141 Å². The van der Waals surface area contributed by atoms with Gasteiger partial charge in [-0.05, 0) is 77.9 Å². The smallest absolute Gasteiger partial charge is 0.465 e. The second-order valence-corrected chi connectivity index (χ2v) is 19.4. The summed E-state index contributed by atoms with van der Waals surface area (Å²) < 4.78 is 24.4. The molecule has 1 aliphatic rings. The second kappa shape index (κ2) is 24.8. The number of hydrogen-bond acceptors (Lipinski definition) is 8. The van der Waals surface area contributed by atoms with Crippen molar-refractivity contribution in [1.82, 2.24) is 0 Å². The molecule has 0 bridgehead atoms. The Hall–Kier alpha value is -3.76. The third-order valence-electron chi connectivity index (χ3n) is 11.9. The molecule has 0 aliphatic carbocycles. The molecular formula is C52H67BO6S2. The summed E-state index contributed by atoms with van der Waals surface area (Å²) >= 11 is 7.68. The fourth-order valence-corrected chi connectivity index (χ4v) is 9.96. The molecule has 4 aromatic rings. The number of thioether (sulfide) groups is 1. The predicted octanol–water partition coefficient (Wildman–Crippen LogP) is 12.9. The van der Waals surface area contributed by atoms with Gasteiger partial charge in [-0.3, -0.25) is 4.79 Å². The van der Waals surface area contributed by atoms with Crippen LogP contribution in [-0.4, -0.2) is 42.6 Å². The molecule has 3 unspecified atom stereocenters. The Balaban J connectivity index is 1.28. The SMILES string of the molecule is CCCCCCCCCCCCOC(=O)C(C)(CC(SC(=S)c1ccccc1)c1ccc(COC(=O)c2ccc(B3OCC(CC)O3)cc2)cc1)CC(C)(C)c1ccccc1. The highest BCUT2D eigenvalue weighted by Crippen LogP contribution is 2.47. The van der Waals surface area contributed by atoms with Gasteiger partial charge in [0.2, 0.25) is 0 Å². The average molecular weight is 863 g/mol. The minimum atomic E-state index is -0.820. The van der Waals surface area contributed by atoms with Crippen molar-refractivity contribution >= 4 is 52.7 Å². The minimum Gasteiger partial charge on any atom is -0.465 e. The van der Waals surface area contributed by atoms with Crippen LogP contribution in [0.2, 0.25) is 0 Å². The lowest BCUT2D eigenvalue weighted by Gasteiger charge is -2.38. The number of ether oxygens (including phenoxy) is 2. The van der Waals surface area contributed by atoms with E-state index in [9.17, 15) is 9.59 Å². The molecule has 1 saturated heterocycles. The van der Waals surface area contributed by atoms with E-state index < -0.39 is 18.5 Å². The number of carbonyl (C=O) groups is 2. The quantitative estimate of drug-likeness (QED) is 0.0282. The molecule has 1 heterocycles. The number of esters is 2. The Bertz CT molecular complexity index is 1920. The molecule has 0 amide bonds. The van der Waals surface area contributed by atoms with Crippen molar-refractivity contribution in [2.75, 3.05) is 13.2 Å². The number of hydrogen-bond donors (Lipinski definition) is 0. The summed E-state index contributed by atoms with van der Waals surface area (Å²) in [5.41, 5.74) is 4.30. The van der Waals surface area contributed by atoms with Gasteiger partial charge in [0.05, 0.1) is 34.5 Å². The summed E-state index contributed by atoms with van der Waals surface area (Å²) in [7, 11) is -0.411. The van der Waals surface area contributed by atoms with E-state index in [1.165, 1.54) is 56.9 Å². The van der Waals surface area contributed by atoms with Crippen LogP contribution < -0.4 is 5.46 Å². The van der Waals surface area contributed by atoms with Gasteiger partial charge in [0.25, 0.3) is 0 Å². The highest BCUT2D eigenvalue weighted by atomic mass is 32.2. The Morgan fingerprint density at radius 1 is 0.754 bits per heavy atom. The monoisotopic (exact) mass is 862 g/mol. The third-order valence-corrected chi connectivity index (χ3v) is 13.5. The summed E-state index contributed by atoms with van der Waals surface area (Å²) in [6.45, 7) is 12.0. The number of unbranched alkanes of at least 4 members (excludes halogenated alkanes) is 9. The molecule has 6 nitrogen and oxygen atoms in total. The van der Waals surface area contributed by atoms with Gasteiger partial charge in [-0.25, -0.2) is 4.79 Å². The van der Waals surface area contributed by atoms with Crippen LogP contribution in [-0.2, 0) is 35.6 Å². The molecule has 0 saturated carbocycles. The first-order valence-electron chi connectivity index (χ1n) is 22.6. The van der Waals surface area contributed by atoms with Crippen molar-refractivity contribution in [3.8, 4) is 0 Å². The van der Waals surface area contributed by atoms with E-state index in [1.807, 2.05) is 60.7 Å². The van der Waals surface area contributed by atoms with Crippen LogP contribution in [0.25, 0.3) is 0 Å². The maximum atomic E-state index is 14.5. The minimum absolute atomic E-state index is 0.0900. The molecule has 1 aliphatic heterocycles. The predicted molar refractivity (Wildman–Crippen MR) is 257 cm³/mol. The van der Waals surface area contributed by atoms with Gasteiger partial charge in [-0.15, -0.1) is 11.8 Å². The standard InChI is InChI=1S/C52H67BO6S2/c1-6-8-9-10-11-12-13-14-15-22-35-56-50(55)52(5,39-51(3,4)44-25-20-17-21-26-44)36-47(61-49(60)43-23-18-16-19-24-43)41-29-27-40(28-30-41)37-57-48(54)42-31-33-45(34-32-42)53-58-38-46(7-2)59-53/h16-21,23-34,46-47H,6-15,22,35-39H2,1-5H3. The first-order chi connectivity index (χ1) is 29.5. The molecule has 3 atom stereocenters. The van der Waals surface area contributed by atoms with E-state index >= 15 is 0 Å². The molecule has 0 aromatic heterocycles. The van der Waals surface area contributed by atoms with Crippen LogP contribution in [0, 0.1) is 5.41 Å². The lowest BCUT2D eigenvalue weighted by Crippen LogP contribution is -2.38. The molecule has 61 heavy (non-hydrogen) atoms. The third kappa shape index (κ3) is 15.2. The van der Waals surface area contributed by atoms with Crippen molar-refractivity contribution in [3.05, 3.63) is 137 Å². The molecule has 326 valence electrons. The normalized spacial score (nSPS) is 15.6. The van der Waals surface area contributed by atoms with Gasteiger partial charge >= 0.3 is 19.1 Å². The van der Waals surface area contributed by atoms with Gasteiger partial charge in [0.1, 0.15) is 6.61 Å². The number of benzene rings is 4. The largest absolute Gasteiger partial charge is 0.494 e. The van der Waals surface area contributed by atoms with Gasteiger partial charge in [-0.1, -0.05) is 195 Å². The molecule has 0 radical (unpaired) electrons. The Kier molecular flexibility index (Phi) is 19.6. The van der Waals surface area contributed by atoms with Gasteiger partial charge < -0.3 is 18.8 Å². The maximum absolute atomic E-state index is 14.5. The summed E-state index contributed by atoms with van der Waals surface area (Å²) in [6.07, 6.45) is 14.4. The molecule has 5 rings (SSSR count). The highest BCUT2D eigenvalue weighted by Gasteiger charge is 2.43. The van der Waals surface area contributed by atoms with Gasteiger partial charge in [-0.2, -0.15) is 0 Å². The van der Waals surface area contributed by atoms with E-state index in [-0.39, 0.29) is 29.3 Å². The van der Waals surface area contributed by atoms with Crippen LogP contribution in [0.5, 0.6) is 0 Å². The van der Waals surface area contributed by atoms with Crippen molar-refractivity contribution in [1.29, 1.82) is 0 Å². The molecule has 1 fully saturated rings. The molecular weight excluding hydrogens is 796 g/mol. The summed E-state index contributed by atoms with van der Waals surface area (Å²) in [6, 6.07) is 35.9. The molecule has 9 heteroatoms. The number of rotatable bonds is 25. The Morgan fingerprint density at radius 2 is 1.36 bits per heavy atom. The van der Waals surface area contributed by atoms with Crippen LogP contribution in [0.3, 0.4) is 0 Å². The fourth-order valence-electron chi connectivity index (χ4n) is 8.21. The van der Waals surface area contributed by atoms with Gasteiger partial charge in [0, 0.05) is 5.25 Å². The molecule has 4 aromatic carbocycles. The maximum Gasteiger partial charge on any atom is 0.494 e. The molecule has 0 N–H and O–H groups in total. The molecule has 0 spiro atoms. The zero-order valence-corrected chi connectivity index (χ0v) is 38.8. The Morgan fingerprint density at radius 3 is 1.97 bits per heavy atom. The second-order valence-electron chi connectivity index (χ2n) is 17.5. The number of thiocarbonyl (C=S) groups is 1. The van der Waals surface area contributed by atoms with Crippen molar-refractivity contribution < 1.29 is 28.4 Å². The zero-order chi connectivity index (χ0) is 43.5. The first kappa shape index (κ1) is 48.3. The Labute approximate surface area is 376 Å².